The zero-order chi connectivity index (χ0) is 21.2. The van der Waals surface area contributed by atoms with Gasteiger partial charge in [-0.05, 0) is 42.8 Å². The molecule has 8 heteroatoms. The third-order valence-electron chi connectivity index (χ3n) is 4.00. The van der Waals surface area contributed by atoms with E-state index in [0.29, 0.717) is 24.0 Å². The summed E-state index contributed by atoms with van der Waals surface area (Å²) in [5.41, 5.74) is 5.34. The molecule has 0 saturated carbocycles. The number of carbonyl (C=O) groups excluding carboxylic acids is 1. The summed E-state index contributed by atoms with van der Waals surface area (Å²) < 4.78 is 16.2. The van der Waals surface area contributed by atoms with Crippen LogP contribution in [0.4, 0.5) is 5.13 Å². The topological polar surface area (TPSA) is 82.0 Å². The van der Waals surface area contributed by atoms with E-state index >= 15 is 0 Å². The Morgan fingerprint density at radius 3 is 2.83 bits per heavy atom. The van der Waals surface area contributed by atoms with Crippen LogP contribution in [0, 0.1) is 0 Å². The Labute approximate surface area is 179 Å². The van der Waals surface area contributed by atoms with Crippen LogP contribution in [-0.2, 0) is 22.6 Å². The van der Waals surface area contributed by atoms with Crippen molar-refractivity contribution in [2.24, 2.45) is 5.10 Å². The predicted octanol–water partition coefficient (Wildman–Crippen LogP) is 4.28. The molecular formula is C22H23N3O4S. The predicted molar refractivity (Wildman–Crippen MR) is 117 cm³/mol. The monoisotopic (exact) mass is 425 g/mol. The summed E-state index contributed by atoms with van der Waals surface area (Å²) in [7, 11) is 1.63. The largest absolute Gasteiger partial charge is 0.496 e. The average molecular weight is 426 g/mol. The Hall–Kier alpha value is -3.39. The van der Waals surface area contributed by atoms with Gasteiger partial charge in [0.2, 0.25) is 5.13 Å². The first kappa shape index (κ1) is 21.3. The molecule has 0 unspecified atom stereocenters. The number of esters is 1. The second kappa shape index (κ2) is 11.0. The Kier molecular flexibility index (Phi) is 7.79. The lowest BCUT2D eigenvalue weighted by Gasteiger charge is -2.11. The number of para-hydroxylation sites is 1. The second-order valence-electron chi connectivity index (χ2n) is 6.17. The first-order valence-electron chi connectivity index (χ1n) is 9.41. The van der Waals surface area contributed by atoms with Crippen LogP contribution < -0.4 is 14.9 Å². The molecule has 156 valence electrons. The Bertz CT molecular complexity index is 989. The van der Waals surface area contributed by atoms with Crippen molar-refractivity contribution in [2.45, 2.75) is 20.0 Å². The lowest BCUT2D eigenvalue weighted by Crippen LogP contribution is -2.07. The molecular weight excluding hydrogens is 402 g/mol. The van der Waals surface area contributed by atoms with Gasteiger partial charge in [0, 0.05) is 10.9 Å². The zero-order valence-electron chi connectivity index (χ0n) is 16.8. The molecule has 7 nitrogen and oxygen atoms in total. The maximum Gasteiger partial charge on any atom is 0.311 e. The second-order valence-corrected chi connectivity index (χ2v) is 7.03. The number of thiazole rings is 1. The van der Waals surface area contributed by atoms with Crippen LogP contribution in [0.25, 0.3) is 0 Å². The average Bonchev–Trinajstić information content (AvgIpc) is 3.20. The number of ether oxygens (including phenoxy) is 3. The minimum Gasteiger partial charge on any atom is -0.496 e. The molecule has 3 aromatic rings. The fourth-order valence-electron chi connectivity index (χ4n) is 2.63. The number of rotatable bonds is 10. The first-order valence-corrected chi connectivity index (χ1v) is 10.3. The number of aromatic nitrogens is 1. The lowest BCUT2D eigenvalue weighted by atomic mass is 10.1. The van der Waals surface area contributed by atoms with Crippen LogP contribution in [0.5, 0.6) is 11.5 Å². The van der Waals surface area contributed by atoms with Gasteiger partial charge in [-0.15, -0.1) is 11.3 Å². The fourth-order valence-corrected chi connectivity index (χ4v) is 3.29. The van der Waals surface area contributed by atoms with Crippen molar-refractivity contribution in [1.29, 1.82) is 0 Å². The summed E-state index contributed by atoms with van der Waals surface area (Å²) in [5.74, 6) is 1.25. The minimum atomic E-state index is -0.290. The summed E-state index contributed by atoms with van der Waals surface area (Å²) >= 11 is 1.38. The fraction of sp³-hybridized carbons (Fsp3) is 0.227. The van der Waals surface area contributed by atoms with Crippen molar-refractivity contribution in [3.05, 3.63) is 70.7 Å². The first-order chi connectivity index (χ1) is 14.7. The minimum absolute atomic E-state index is 0.152. The smallest absolute Gasteiger partial charge is 0.311 e. The molecule has 0 amide bonds. The van der Waals surface area contributed by atoms with Crippen LogP contribution in [0.1, 0.15) is 23.7 Å². The molecule has 0 spiro atoms. The molecule has 0 fully saturated rings. The van der Waals surface area contributed by atoms with Crippen molar-refractivity contribution in [2.75, 3.05) is 19.1 Å². The molecule has 2 aromatic carbocycles. The summed E-state index contributed by atoms with van der Waals surface area (Å²) in [6.07, 6.45) is 1.84. The number of nitrogens with zero attached hydrogens (tertiary/aromatic N) is 2. The standard InChI is InChI=1S/C22H23N3O4S/c1-3-28-21(26)12-18-15-30-22(24-18)25-23-13-16-9-10-20(27-2)17(11-16)14-29-19-7-5-4-6-8-19/h4-11,13,15H,3,12,14H2,1-2H3,(H,24,25). The summed E-state index contributed by atoms with van der Waals surface area (Å²) in [4.78, 5) is 15.8. The van der Waals surface area contributed by atoms with Crippen LogP contribution in [-0.4, -0.2) is 30.9 Å². The summed E-state index contributed by atoms with van der Waals surface area (Å²) in [6, 6.07) is 15.4. The normalized spacial score (nSPS) is 10.7. The van der Waals surface area contributed by atoms with Gasteiger partial charge in [0.25, 0.3) is 0 Å². The third-order valence-corrected chi connectivity index (χ3v) is 4.79. The lowest BCUT2D eigenvalue weighted by molar-refractivity contribution is -0.142. The van der Waals surface area contributed by atoms with Crippen molar-refractivity contribution in [3.63, 3.8) is 0 Å². The van der Waals surface area contributed by atoms with Crippen molar-refractivity contribution in [1.82, 2.24) is 4.98 Å². The highest BCUT2D eigenvalue weighted by Crippen LogP contribution is 2.22. The Balaban J connectivity index is 1.60. The molecule has 0 bridgehead atoms. The number of benzene rings is 2. The molecule has 0 radical (unpaired) electrons. The number of carbonyl (C=O) groups is 1. The highest BCUT2D eigenvalue weighted by molar-refractivity contribution is 7.13. The van der Waals surface area contributed by atoms with Gasteiger partial charge < -0.3 is 14.2 Å². The Morgan fingerprint density at radius 1 is 1.23 bits per heavy atom. The van der Waals surface area contributed by atoms with Crippen molar-refractivity contribution >= 4 is 28.7 Å². The van der Waals surface area contributed by atoms with Gasteiger partial charge in [-0.2, -0.15) is 5.10 Å². The highest BCUT2D eigenvalue weighted by Gasteiger charge is 2.08. The van der Waals surface area contributed by atoms with E-state index in [0.717, 1.165) is 22.6 Å². The zero-order valence-corrected chi connectivity index (χ0v) is 17.6. The molecule has 0 saturated heterocycles. The third kappa shape index (κ3) is 6.31. The number of hydrogen-bond acceptors (Lipinski definition) is 8. The number of methoxy groups -OCH3 is 1. The molecule has 1 heterocycles. The molecule has 0 aliphatic carbocycles. The molecule has 1 aromatic heterocycles. The van der Waals surface area contributed by atoms with E-state index in [9.17, 15) is 4.79 Å². The van der Waals surface area contributed by atoms with E-state index in [1.54, 1.807) is 25.6 Å². The van der Waals surface area contributed by atoms with Gasteiger partial charge in [0.05, 0.1) is 32.0 Å². The van der Waals surface area contributed by atoms with E-state index in [-0.39, 0.29) is 12.4 Å². The molecule has 1 N–H and O–H groups in total. The van der Waals surface area contributed by atoms with Crippen LogP contribution in [0.15, 0.2) is 59.0 Å². The number of anilines is 1. The van der Waals surface area contributed by atoms with Crippen molar-refractivity contribution < 1.29 is 19.0 Å². The summed E-state index contributed by atoms with van der Waals surface area (Å²) in [6.45, 7) is 2.52. The number of hydrazone groups is 1. The SMILES string of the molecule is CCOC(=O)Cc1csc(NN=Cc2ccc(OC)c(COc3ccccc3)c2)n1. The summed E-state index contributed by atoms with van der Waals surface area (Å²) in [5, 5.41) is 6.64. The van der Waals surface area contributed by atoms with Gasteiger partial charge >= 0.3 is 5.97 Å². The van der Waals surface area contributed by atoms with Gasteiger partial charge in [0.1, 0.15) is 18.1 Å². The van der Waals surface area contributed by atoms with E-state index in [4.69, 9.17) is 14.2 Å². The van der Waals surface area contributed by atoms with Crippen molar-refractivity contribution in [3.8, 4) is 11.5 Å². The molecule has 3 rings (SSSR count). The quantitative estimate of drug-likeness (QED) is 0.297. The Morgan fingerprint density at radius 2 is 2.07 bits per heavy atom. The number of hydrogen-bond donors (Lipinski definition) is 1. The number of nitrogens with one attached hydrogen (secondary N) is 1. The van der Waals surface area contributed by atoms with Gasteiger partial charge in [-0.25, -0.2) is 4.98 Å². The van der Waals surface area contributed by atoms with Gasteiger partial charge in [-0.3, -0.25) is 10.2 Å². The highest BCUT2D eigenvalue weighted by atomic mass is 32.1. The molecule has 0 atom stereocenters. The maximum absolute atomic E-state index is 11.5. The van der Waals surface area contributed by atoms with Crippen LogP contribution in [0.2, 0.25) is 0 Å². The molecule has 30 heavy (non-hydrogen) atoms. The molecule has 0 aliphatic heterocycles. The van der Waals surface area contributed by atoms with Crippen LogP contribution in [0.3, 0.4) is 0 Å². The van der Waals surface area contributed by atoms with Crippen LogP contribution >= 0.6 is 11.3 Å². The maximum atomic E-state index is 11.5. The van der Waals surface area contributed by atoms with Gasteiger partial charge in [-0.1, -0.05) is 18.2 Å². The van der Waals surface area contributed by atoms with E-state index < -0.39 is 0 Å². The van der Waals surface area contributed by atoms with E-state index in [2.05, 4.69) is 15.5 Å². The van der Waals surface area contributed by atoms with Gasteiger partial charge in [0.15, 0.2) is 0 Å². The molecule has 0 aliphatic rings. The van der Waals surface area contributed by atoms with E-state index in [1.807, 2.05) is 48.5 Å². The van der Waals surface area contributed by atoms with E-state index in [1.165, 1.54) is 11.3 Å².